The van der Waals surface area contributed by atoms with Crippen molar-refractivity contribution in [1.29, 1.82) is 0 Å². The van der Waals surface area contributed by atoms with Crippen molar-refractivity contribution in [3.63, 3.8) is 0 Å². The second-order valence-electron chi connectivity index (χ2n) is 11.5. The fourth-order valence-corrected chi connectivity index (χ4v) is 9.78. The largest absolute Gasteiger partial charge is 0.393 e. The summed E-state index contributed by atoms with van der Waals surface area (Å²) >= 11 is 7.87. The second-order valence-corrected chi connectivity index (χ2v) is 14.8. The number of halogens is 4. The highest BCUT2D eigenvalue weighted by Crippen LogP contribution is 2.47. The molecule has 7 rings (SSSR count). The molecule has 2 saturated carbocycles. The highest BCUT2D eigenvalue weighted by Gasteiger charge is 2.47. The Labute approximate surface area is 255 Å². The Kier molecular flexibility index (Phi) is 7.40. The third-order valence-electron chi connectivity index (χ3n) is 9.00. The number of alkyl halides is 2. The third kappa shape index (κ3) is 5.20. The van der Waals surface area contributed by atoms with E-state index < -0.39 is 45.8 Å². The molecule has 3 unspecified atom stereocenters. The van der Waals surface area contributed by atoms with E-state index in [2.05, 4.69) is 14.8 Å². The molecule has 3 aromatic rings. The molecule has 43 heavy (non-hydrogen) atoms. The molecule has 1 aromatic carbocycles. The van der Waals surface area contributed by atoms with E-state index in [1.807, 2.05) is 4.90 Å². The molecule has 4 atom stereocenters. The number of aliphatic hydroxyl groups is 1. The molecule has 0 spiro atoms. The number of aliphatic imine (C=N–C) groups is 1. The van der Waals surface area contributed by atoms with Crippen molar-refractivity contribution in [2.45, 2.75) is 62.1 Å². The first-order chi connectivity index (χ1) is 20.6. The van der Waals surface area contributed by atoms with Gasteiger partial charge in [-0.2, -0.15) is 13.9 Å². The van der Waals surface area contributed by atoms with E-state index in [4.69, 9.17) is 16.6 Å². The SMILES string of the molecule is O=S(=O)(NC1CC2=C(c3ccn(C(F)F)n3)[C@H](c3ccc(F)cc3Cl)N=C(c3nccs3)N2C1)C1CC2CCC(C1)C2O. The maximum Gasteiger partial charge on any atom is 0.333 e. The second kappa shape index (κ2) is 11.0. The van der Waals surface area contributed by atoms with Gasteiger partial charge in [-0.05, 0) is 55.7 Å². The Morgan fingerprint density at radius 3 is 2.58 bits per heavy atom. The smallest absolute Gasteiger partial charge is 0.333 e. The molecule has 2 aliphatic heterocycles. The normalized spacial score (nSPS) is 29.0. The van der Waals surface area contributed by atoms with Crippen molar-refractivity contribution >= 4 is 44.4 Å². The number of hydrogen-bond acceptors (Lipinski definition) is 8. The van der Waals surface area contributed by atoms with Crippen LogP contribution in [0.25, 0.3) is 5.57 Å². The molecule has 2 N–H and O–H groups in total. The van der Waals surface area contributed by atoms with Gasteiger partial charge in [0, 0.05) is 58.6 Å². The summed E-state index contributed by atoms with van der Waals surface area (Å²) in [5.74, 6) is -0.0860. The summed E-state index contributed by atoms with van der Waals surface area (Å²) in [5.41, 5.74) is 1.81. The number of thiazole rings is 1. The molecule has 15 heteroatoms. The molecule has 1 saturated heterocycles. The van der Waals surface area contributed by atoms with Crippen LogP contribution < -0.4 is 4.72 Å². The number of aromatic nitrogens is 3. The summed E-state index contributed by atoms with van der Waals surface area (Å²) in [4.78, 5) is 11.3. The van der Waals surface area contributed by atoms with Gasteiger partial charge in [0.2, 0.25) is 10.0 Å². The lowest BCUT2D eigenvalue weighted by atomic mass is 9.86. The first-order valence-electron chi connectivity index (χ1n) is 14.0. The first kappa shape index (κ1) is 29.0. The molecule has 2 aliphatic carbocycles. The van der Waals surface area contributed by atoms with Gasteiger partial charge in [-0.25, -0.2) is 27.2 Å². The number of benzene rings is 1. The van der Waals surface area contributed by atoms with Gasteiger partial charge in [-0.15, -0.1) is 11.3 Å². The maximum absolute atomic E-state index is 14.1. The zero-order valence-corrected chi connectivity index (χ0v) is 25.0. The monoisotopic (exact) mass is 652 g/mol. The highest BCUT2D eigenvalue weighted by molar-refractivity contribution is 7.90. The quantitative estimate of drug-likeness (QED) is 0.372. The summed E-state index contributed by atoms with van der Waals surface area (Å²) in [7, 11) is -3.74. The van der Waals surface area contributed by atoms with Crippen LogP contribution in [0.15, 0.2) is 52.7 Å². The van der Waals surface area contributed by atoms with Crippen LogP contribution in [0.5, 0.6) is 0 Å². The van der Waals surface area contributed by atoms with E-state index in [0.717, 1.165) is 12.8 Å². The van der Waals surface area contributed by atoms with Gasteiger partial charge in [0.1, 0.15) is 11.9 Å². The van der Waals surface area contributed by atoms with Crippen molar-refractivity contribution in [1.82, 2.24) is 24.4 Å². The van der Waals surface area contributed by atoms with Crippen molar-refractivity contribution < 1.29 is 26.7 Å². The Bertz CT molecular complexity index is 1700. The summed E-state index contributed by atoms with van der Waals surface area (Å²) in [6, 6.07) is 4.00. The fraction of sp³-hybridized carbons (Fsp3) is 0.464. The van der Waals surface area contributed by atoms with E-state index in [1.165, 1.54) is 41.8 Å². The zero-order chi connectivity index (χ0) is 30.0. The molecule has 0 amide bonds. The van der Waals surface area contributed by atoms with E-state index in [-0.39, 0.29) is 35.5 Å². The third-order valence-corrected chi connectivity index (χ3v) is 12.0. The molecule has 3 fully saturated rings. The number of aliphatic hydroxyl groups excluding tert-OH is 1. The molecular formula is C28H28ClF3N6O3S2. The van der Waals surface area contributed by atoms with Crippen molar-refractivity contribution in [3.05, 3.63) is 74.8 Å². The van der Waals surface area contributed by atoms with Gasteiger partial charge in [0.25, 0.3) is 0 Å². The first-order valence-corrected chi connectivity index (χ1v) is 16.9. The minimum atomic E-state index is -3.74. The van der Waals surface area contributed by atoms with E-state index in [0.29, 0.717) is 45.2 Å². The van der Waals surface area contributed by atoms with Crippen LogP contribution in [0.3, 0.4) is 0 Å². The summed E-state index contributed by atoms with van der Waals surface area (Å²) in [6.07, 6.45) is 5.09. The maximum atomic E-state index is 14.1. The van der Waals surface area contributed by atoms with Crippen molar-refractivity contribution in [2.75, 3.05) is 6.54 Å². The van der Waals surface area contributed by atoms with Crippen LogP contribution in [-0.2, 0) is 10.0 Å². The van der Waals surface area contributed by atoms with Gasteiger partial charge >= 0.3 is 6.55 Å². The predicted molar refractivity (Wildman–Crippen MR) is 156 cm³/mol. The minimum Gasteiger partial charge on any atom is -0.393 e. The number of sulfonamides is 1. The van der Waals surface area contributed by atoms with Crippen LogP contribution in [0.1, 0.15) is 61.0 Å². The van der Waals surface area contributed by atoms with E-state index in [1.54, 1.807) is 11.6 Å². The van der Waals surface area contributed by atoms with Crippen LogP contribution in [0, 0.1) is 17.7 Å². The lowest BCUT2D eigenvalue weighted by Crippen LogP contribution is -2.46. The molecule has 228 valence electrons. The molecule has 4 aliphatic rings. The van der Waals surface area contributed by atoms with Gasteiger partial charge in [0.15, 0.2) is 10.8 Å². The van der Waals surface area contributed by atoms with Gasteiger partial charge in [-0.1, -0.05) is 17.7 Å². The van der Waals surface area contributed by atoms with Gasteiger partial charge in [-0.3, -0.25) is 4.99 Å². The summed E-state index contributed by atoms with van der Waals surface area (Å²) < 4.78 is 72.0. The van der Waals surface area contributed by atoms with Gasteiger partial charge in [0.05, 0.1) is 17.0 Å². The number of hydrogen-bond donors (Lipinski definition) is 2. The molecule has 2 bridgehead atoms. The lowest BCUT2D eigenvalue weighted by Gasteiger charge is -2.32. The van der Waals surface area contributed by atoms with Crippen molar-refractivity contribution in [2.24, 2.45) is 16.8 Å². The molecule has 0 radical (unpaired) electrons. The molecular weight excluding hydrogens is 625 g/mol. The number of amidine groups is 1. The average molecular weight is 653 g/mol. The fourth-order valence-electron chi connectivity index (χ4n) is 7.06. The Morgan fingerprint density at radius 1 is 1.16 bits per heavy atom. The van der Waals surface area contributed by atoms with Gasteiger partial charge < -0.3 is 10.0 Å². The average Bonchev–Trinajstić information content (AvgIpc) is 3.75. The minimum absolute atomic E-state index is 0.0145. The predicted octanol–water partition coefficient (Wildman–Crippen LogP) is 4.98. The van der Waals surface area contributed by atoms with E-state index >= 15 is 0 Å². The van der Waals surface area contributed by atoms with Crippen LogP contribution in [0.2, 0.25) is 5.02 Å². The number of fused-ring (bicyclic) bond motifs is 3. The summed E-state index contributed by atoms with van der Waals surface area (Å²) in [6.45, 7) is -2.63. The number of rotatable bonds is 7. The van der Waals surface area contributed by atoms with Crippen LogP contribution in [0.4, 0.5) is 13.2 Å². The zero-order valence-electron chi connectivity index (χ0n) is 22.7. The lowest BCUT2D eigenvalue weighted by molar-refractivity contribution is 0.0564. The molecule has 9 nitrogen and oxygen atoms in total. The number of nitrogens with one attached hydrogen (secondary N) is 1. The topological polar surface area (TPSA) is 113 Å². The van der Waals surface area contributed by atoms with Crippen LogP contribution >= 0.6 is 22.9 Å². The highest BCUT2D eigenvalue weighted by atomic mass is 35.5. The van der Waals surface area contributed by atoms with E-state index in [9.17, 15) is 26.7 Å². The molecule has 2 aromatic heterocycles. The van der Waals surface area contributed by atoms with Crippen LogP contribution in [-0.4, -0.2) is 63.0 Å². The van der Waals surface area contributed by atoms with Crippen molar-refractivity contribution in [3.8, 4) is 0 Å². The Morgan fingerprint density at radius 2 is 1.93 bits per heavy atom. The number of nitrogens with zero attached hydrogens (tertiary/aromatic N) is 5. The molecule has 4 heterocycles. The summed E-state index contributed by atoms with van der Waals surface area (Å²) in [5, 5.41) is 16.4. The Balaban J connectivity index is 1.30. The Hall–Kier alpha value is -2.78. The standard InChI is InChI=1S/C28H28ClF3N6O3S2/c29-20-11-16(30)3-4-19(20)24-23(21-5-7-38(35-21)28(31)32)22-12-17(13-37(22)26(34-24)27-33-6-8-42-27)36-43(40,41)18-9-14-1-2-15(10-18)25(14)39/h3-8,11,14-15,17-18,24-25,28,36,39H,1-2,9-10,12-13H2/t14?,15?,17?,18?,24-,25?/m0/s1.